The van der Waals surface area contributed by atoms with Crippen LogP contribution in [0, 0.1) is 6.92 Å². The second kappa shape index (κ2) is 5.57. The van der Waals surface area contributed by atoms with Crippen LogP contribution in [0.2, 0.25) is 0 Å². The van der Waals surface area contributed by atoms with Crippen LogP contribution in [0.3, 0.4) is 0 Å². The number of hydrogen-bond acceptors (Lipinski definition) is 4. The largest absolute Gasteiger partial charge is 0.445 e. The first-order chi connectivity index (χ1) is 9.31. The Kier molecular flexibility index (Phi) is 3.64. The molecule has 3 rings (SSSR count). The summed E-state index contributed by atoms with van der Waals surface area (Å²) in [5, 5.41) is 7.93. The number of hydrogen-bond donors (Lipinski definition) is 1. The van der Waals surface area contributed by atoms with Gasteiger partial charge in [0.05, 0.1) is 24.5 Å². The number of nitrogens with zero attached hydrogens (tertiary/aromatic N) is 3. The van der Waals surface area contributed by atoms with Crippen LogP contribution >= 0.6 is 0 Å². The molecule has 0 unspecified atom stereocenters. The van der Waals surface area contributed by atoms with E-state index in [0.717, 1.165) is 23.9 Å². The number of nitrogens with one attached hydrogen (secondary N) is 1. The molecule has 0 aliphatic heterocycles. The number of rotatable bonds is 5. The van der Waals surface area contributed by atoms with E-state index in [4.69, 9.17) is 4.42 Å². The Morgan fingerprint density at radius 3 is 2.95 bits per heavy atom. The lowest BCUT2D eigenvalue weighted by Gasteiger charge is -2.08. The maximum Gasteiger partial charge on any atom is 0.208 e. The average molecular weight is 260 g/mol. The van der Waals surface area contributed by atoms with Gasteiger partial charge in [0.1, 0.15) is 5.76 Å². The predicted molar refractivity (Wildman–Crippen MR) is 71.5 cm³/mol. The molecular formula is C14H20N4O. The minimum absolute atomic E-state index is 0.614. The summed E-state index contributed by atoms with van der Waals surface area (Å²) in [5.74, 6) is 1.58. The highest BCUT2D eigenvalue weighted by Crippen LogP contribution is 2.28. The van der Waals surface area contributed by atoms with E-state index >= 15 is 0 Å². The highest BCUT2D eigenvalue weighted by Gasteiger charge is 2.17. The number of oxazole rings is 1. The molecule has 1 aliphatic carbocycles. The third-order valence-electron chi connectivity index (χ3n) is 3.61. The van der Waals surface area contributed by atoms with Crippen LogP contribution < -0.4 is 5.32 Å². The Morgan fingerprint density at radius 1 is 1.37 bits per heavy atom. The average Bonchev–Trinajstić information content (AvgIpc) is 3.09. The van der Waals surface area contributed by atoms with E-state index in [1.165, 1.54) is 25.7 Å². The van der Waals surface area contributed by atoms with Gasteiger partial charge in [0.15, 0.2) is 0 Å². The third kappa shape index (κ3) is 3.04. The van der Waals surface area contributed by atoms with Crippen molar-refractivity contribution in [2.24, 2.45) is 0 Å². The maximum atomic E-state index is 5.41. The van der Waals surface area contributed by atoms with Crippen molar-refractivity contribution in [1.82, 2.24) is 20.1 Å². The molecule has 0 aromatic carbocycles. The van der Waals surface area contributed by atoms with Crippen molar-refractivity contribution < 1.29 is 4.42 Å². The van der Waals surface area contributed by atoms with Gasteiger partial charge in [-0.15, -0.1) is 0 Å². The van der Waals surface area contributed by atoms with Gasteiger partial charge in [0, 0.05) is 12.7 Å². The summed E-state index contributed by atoms with van der Waals surface area (Å²) in [5.41, 5.74) is 1.08. The minimum Gasteiger partial charge on any atom is -0.445 e. The molecule has 0 radical (unpaired) electrons. The molecule has 2 aromatic heterocycles. The summed E-state index contributed by atoms with van der Waals surface area (Å²) in [6.07, 6.45) is 9.05. The topological polar surface area (TPSA) is 55.9 Å². The molecule has 1 saturated carbocycles. The Labute approximate surface area is 113 Å². The zero-order chi connectivity index (χ0) is 13.1. The molecule has 0 saturated heterocycles. The molecule has 0 spiro atoms. The van der Waals surface area contributed by atoms with Crippen molar-refractivity contribution in [2.75, 3.05) is 0 Å². The Bertz CT molecular complexity index is 525. The molecular weight excluding hydrogens is 240 g/mol. The van der Waals surface area contributed by atoms with Crippen LogP contribution in [0.15, 0.2) is 22.9 Å². The second-order valence-corrected chi connectivity index (χ2v) is 5.19. The van der Waals surface area contributed by atoms with Crippen molar-refractivity contribution in [2.45, 2.75) is 51.7 Å². The molecule has 1 fully saturated rings. The van der Waals surface area contributed by atoms with Gasteiger partial charge in [-0.25, -0.2) is 4.98 Å². The quantitative estimate of drug-likeness (QED) is 0.897. The van der Waals surface area contributed by atoms with Gasteiger partial charge in [-0.1, -0.05) is 12.8 Å². The van der Waals surface area contributed by atoms with E-state index in [-0.39, 0.29) is 0 Å². The Morgan fingerprint density at radius 2 is 2.21 bits per heavy atom. The van der Waals surface area contributed by atoms with Crippen LogP contribution in [0.4, 0.5) is 0 Å². The fourth-order valence-corrected chi connectivity index (χ4v) is 2.62. The van der Waals surface area contributed by atoms with Gasteiger partial charge < -0.3 is 9.73 Å². The van der Waals surface area contributed by atoms with E-state index < -0.39 is 0 Å². The summed E-state index contributed by atoms with van der Waals surface area (Å²) >= 11 is 0. The first kappa shape index (κ1) is 12.4. The predicted octanol–water partition coefficient (Wildman–Crippen LogP) is 2.58. The highest BCUT2D eigenvalue weighted by molar-refractivity contribution is 5.00. The molecule has 1 N–H and O–H groups in total. The van der Waals surface area contributed by atoms with E-state index in [1.54, 1.807) is 6.20 Å². The van der Waals surface area contributed by atoms with Crippen molar-refractivity contribution in [3.05, 3.63) is 35.8 Å². The van der Waals surface area contributed by atoms with E-state index in [2.05, 4.69) is 32.3 Å². The maximum absolute atomic E-state index is 5.41. The lowest BCUT2D eigenvalue weighted by atomic mass is 10.3. The van der Waals surface area contributed by atoms with Crippen molar-refractivity contribution >= 4 is 0 Å². The van der Waals surface area contributed by atoms with E-state index in [0.29, 0.717) is 12.6 Å². The van der Waals surface area contributed by atoms with Crippen LogP contribution in [0.1, 0.15) is 49.1 Å². The van der Waals surface area contributed by atoms with Crippen molar-refractivity contribution in [1.29, 1.82) is 0 Å². The van der Waals surface area contributed by atoms with E-state index in [9.17, 15) is 0 Å². The number of aromatic nitrogens is 3. The Hall–Kier alpha value is -1.62. The summed E-state index contributed by atoms with van der Waals surface area (Å²) < 4.78 is 7.53. The highest BCUT2D eigenvalue weighted by atomic mass is 16.4. The van der Waals surface area contributed by atoms with Gasteiger partial charge >= 0.3 is 0 Å². The van der Waals surface area contributed by atoms with E-state index in [1.807, 2.05) is 6.92 Å². The third-order valence-corrected chi connectivity index (χ3v) is 3.61. The molecule has 0 atom stereocenters. The van der Waals surface area contributed by atoms with Gasteiger partial charge in [0.2, 0.25) is 5.89 Å². The van der Waals surface area contributed by atoms with Crippen molar-refractivity contribution in [3.8, 4) is 0 Å². The smallest absolute Gasteiger partial charge is 0.208 e. The lowest BCUT2D eigenvalue weighted by molar-refractivity contribution is 0.442. The molecule has 2 aromatic rings. The lowest BCUT2D eigenvalue weighted by Crippen LogP contribution is -2.14. The summed E-state index contributed by atoms with van der Waals surface area (Å²) in [4.78, 5) is 4.16. The standard InChI is InChI=1S/C14H20N4O/c1-11-8-16-14(19-11)10-15-9-12-6-7-18(17-12)13-4-2-3-5-13/h6-8,13,15H,2-5,9-10H2,1H3. The van der Waals surface area contributed by atoms with Crippen molar-refractivity contribution in [3.63, 3.8) is 0 Å². The minimum atomic E-state index is 0.614. The van der Waals surface area contributed by atoms with Gasteiger partial charge in [0.25, 0.3) is 0 Å². The molecule has 1 aliphatic rings. The Balaban J connectivity index is 1.50. The number of aryl methyl sites for hydroxylation is 1. The summed E-state index contributed by atoms with van der Waals surface area (Å²) in [7, 11) is 0. The second-order valence-electron chi connectivity index (χ2n) is 5.19. The monoisotopic (exact) mass is 260 g/mol. The molecule has 19 heavy (non-hydrogen) atoms. The fraction of sp³-hybridized carbons (Fsp3) is 0.571. The van der Waals surface area contributed by atoms with Gasteiger partial charge in [-0.2, -0.15) is 5.10 Å². The molecule has 5 heteroatoms. The fourth-order valence-electron chi connectivity index (χ4n) is 2.62. The van der Waals surface area contributed by atoms with Gasteiger partial charge in [-0.05, 0) is 25.8 Å². The van der Waals surface area contributed by atoms with Gasteiger partial charge in [-0.3, -0.25) is 4.68 Å². The SMILES string of the molecule is Cc1cnc(CNCc2ccn(C3CCCC3)n2)o1. The normalized spacial score (nSPS) is 16.3. The summed E-state index contributed by atoms with van der Waals surface area (Å²) in [6, 6.07) is 2.70. The molecule has 2 heterocycles. The van der Waals surface area contributed by atoms with Crippen LogP contribution in [0.5, 0.6) is 0 Å². The molecule has 0 bridgehead atoms. The first-order valence-corrected chi connectivity index (χ1v) is 6.97. The molecule has 5 nitrogen and oxygen atoms in total. The zero-order valence-electron chi connectivity index (χ0n) is 11.3. The van der Waals surface area contributed by atoms with Crippen LogP contribution in [-0.4, -0.2) is 14.8 Å². The first-order valence-electron chi connectivity index (χ1n) is 6.97. The summed E-state index contributed by atoms with van der Waals surface area (Å²) in [6.45, 7) is 3.30. The zero-order valence-corrected chi connectivity index (χ0v) is 11.3. The van der Waals surface area contributed by atoms with Crippen LogP contribution in [-0.2, 0) is 13.1 Å². The molecule has 0 amide bonds. The van der Waals surface area contributed by atoms with Crippen LogP contribution in [0.25, 0.3) is 0 Å². The molecule has 102 valence electrons.